The van der Waals surface area contributed by atoms with E-state index in [2.05, 4.69) is 13.8 Å². The average Bonchev–Trinajstić information content (AvgIpc) is 2.52. The van der Waals surface area contributed by atoms with Gasteiger partial charge in [-0.15, -0.1) is 0 Å². The molecule has 0 aromatic heterocycles. The fourth-order valence-electron chi connectivity index (χ4n) is 1.59. The van der Waals surface area contributed by atoms with Gasteiger partial charge < -0.3 is 23.7 Å². The third-order valence-corrected chi connectivity index (χ3v) is 2.70. The summed E-state index contributed by atoms with van der Waals surface area (Å²) in [6.45, 7) is 11.4. The molecule has 0 heterocycles. The van der Waals surface area contributed by atoms with E-state index in [-0.39, 0.29) is 5.97 Å². The number of hydrogen-bond donors (Lipinski definition) is 0. The molecule has 0 rings (SSSR count). The van der Waals surface area contributed by atoms with Gasteiger partial charge in [-0.25, -0.2) is 0 Å². The highest BCUT2D eigenvalue weighted by atomic mass is 16.6. The summed E-state index contributed by atoms with van der Waals surface area (Å²) in [6, 6.07) is 0. The Hall–Kier alpha value is -0.690. The molecule has 0 aliphatic rings. The standard InChI is InChI=1S/C17H34O6/c1-4-7-23-17(18)6-5-8-19-9-10-20-11-12-21-13-14-22-15-16(2)3/h16H,4-15H2,1-3H3. The van der Waals surface area contributed by atoms with Crippen LogP contribution in [0.2, 0.25) is 0 Å². The zero-order valence-corrected chi connectivity index (χ0v) is 15.0. The Morgan fingerprint density at radius 3 is 1.83 bits per heavy atom. The van der Waals surface area contributed by atoms with Crippen LogP contribution in [0.25, 0.3) is 0 Å². The van der Waals surface area contributed by atoms with E-state index in [1.165, 1.54) is 0 Å². The van der Waals surface area contributed by atoms with E-state index in [1.807, 2.05) is 6.92 Å². The van der Waals surface area contributed by atoms with Crippen LogP contribution in [0, 0.1) is 5.92 Å². The Kier molecular flexibility index (Phi) is 17.1. The van der Waals surface area contributed by atoms with Crippen LogP contribution in [0.5, 0.6) is 0 Å². The SMILES string of the molecule is CCCOC(=O)CCCOCCOCCOCCOCC(C)C. The van der Waals surface area contributed by atoms with E-state index in [0.29, 0.717) is 71.6 Å². The highest BCUT2D eigenvalue weighted by Crippen LogP contribution is 1.95. The highest BCUT2D eigenvalue weighted by molar-refractivity contribution is 5.69. The summed E-state index contributed by atoms with van der Waals surface area (Å²) >= 11 is 0. The third kappa shape index (κ3) is 19.3. The van der Waals surface area contributed by atoms with E-state index < -0.39 is 0 Å². The van der Waals surface area contributed by atoms with E-state index in [0.717, 1.165) is 13.0 Å². The molecule has 0 aliphatic heterocycles. The molecule has 0 aromatic rings. The summed E-state index contributed by atoms with van der Waals surface area (Å²) in [5, 5.41) is 0. The van der Waals surface area contributed by atoms with Crippen molar-refractivity contribution in [3.63, 3.8) is 0 Å². The van der Waals surface area contributed by atoms with Gasteiger partial charge in [-0.3, -0.25) is 4.79 Å². The zero-order valence-electron chi connectivity index (χ0n) is 15.0. The summed E-state index contributed by atoms with van der Waals surface area (Å²) in [5.41, 5.74) is 0. The predicted octanol–water partition coefficient (Wildman–Crippen LogP) is 2.44. The first-order chi connectivity index (χ1) is 11.2. The first-order valence-electron chi connectivity index (χ1n) is 8.63. The van der Waals surface area contributed by atoms with Crippen molar-refractivity contribution in [1.29, 1.82) is 0 Å². The van der Waals surface area contributed by atoms with Gasteiger partial charge in [-0.2, -0.15) is 0 Å². The maximum Gasteiger partial charge on any atom is 0.305 e. The molecule has 6 heteroatoms. The van der Waals surface area contributed by atoms with Gasteiger partial charge in [-0.05, 0) is 18.8 Å². The highest BCUT2D eigenvalue weighted by Gasteiger charge is 2.01. The van der Waals surface area contributed by atoms with Crippen molar-refractivity contribution < 1.29 is 28.5 Å². The first kappa shape index (κ1) is 22.3. The van der Waals surface area contributed by atoms with Crippen molar-refractivity contribution in [2.45, 2.75) is 40.0 Å². The second-order valence-corrected chi connectivity index (χ2v) is 5.63. The lowest BCUT2D eigenvalue weighted by atomic mass is 10.2. The molecule has 0 spiro atoms. The normalized spacial score (nSPS) is 11.1. The Balaban J connectivity index is 3.06. The van der Waals surface area contributed by atoms with Crippen LogP contribution >= 0.6 is 0 Å². The molecule has 6 nitrogen and oxygen atoms in total. The second-order valence-electron chi connectivity index (χ2n) is 5.63. The molecular formula is C17H34O6. The Labute approximate surface area is 140 Å². The van der Waals surface area contributed by atoms with E-state index in [9.17, 15) is 4.79 Å². The largest absolute Gasteiger partial charge is 0.466 e. The van der Waals surface area contributed by atoms with Crippen LogP contribution in [0.4, 0.5) is 0 Å². The number of hydrogen-bond acceptors (Lipinski definition) is 6. The van der Waals surface area contributed by atoms with Crippen molar-refractivity contribution in [3.05, 3.63) is 0 Å². The zero-order chi connectivity index (χ0) is 17.2. The minimum absolute atomic E-state index is 0.152. The van der Waals surface area contributed by atoms with E-state index in [4.69, 9.17) is 23.7 Å². The molecule has 0 bridgehead atoms. The van der Waals surface area contributed by atoms with Crippen LogP contribution in [0.15, 0.2) is 0 Å². The number of esters is 1. The topological polar surface area (TPSA) is 63.2 Å². The van der Waals surface area contributed by atoms with Gasteiger partial charge in [-0.1, -0.05) is 20.8 Å². The molecule has 0 N–H and O–H groups in total. The van der Waals surface area contributed by atoms with Gasteiger partial charge in [0.05, 0.1) is 46.2 Å². The van der Waals surface area contributed by atoms with Gasteiger partial charge in [0.25, 0.3) is 0 Å². The first-order valence-corrected chi connectivity index (χ1v) is 8.63. The molecule has 0 fully saturated rings. The van der Waals surface area contributed by atoms with Gasteiger partial charge in [0.1, 0.15) is 0 Å². The smallest absolute Gasteiger partial charge is 0.305 e. The van der Waals surface area contributed by atoms with Crippen molar-refractivity contribution in [3.8, 4) is 0 Å². The summed E-state index contributed by atoms with van der Waals surface area (Å²) in [6.07, 6.45) is 1.95. The minimum atomic E-state index is -0.152. The van der Waals surface area contributed by atoms with Crippen molar-refractivity contribution >= 4 is 5.97 Å². The quantitative estimate of drug-likeness (QED) is 0.301. The molecule has 0 aromatic carbocycles. The lowest BCUT2D eigenvalue weighted by molar-refractivity contribution is -0.144. The van der Waals surface area contributed by atoms with Crippen molar-refractivity contribution in [1.82, 2.24) is 0 Å². The minimum Gasteiger partial charge on any atom is -0.466 e. The van der Waals surface area contributed by atoms with Crippen LogP contribution in [-0.2, 0) is 28.5 Å². The average molecular weight is 334 g/mol. The molecular weight excluding hydrogens is 300 g/mol. The van der Waals surface area contributed by atoms with Crippen molar-refractivity contribution in [2.24, 2.45) is 5.92 Å². The van der Waals surface area contributed by atoms with Crippen LogP contribution in [0.3, 0.4) is 0 Å². The van der Waals surface area contributed by atoms with Crippen LogP contribution < -0.4 is 0 Å². The third-order valence-electron chi connectivity index (χ3n) is 2.70. The predicted molar refractivity (Wildman–Crippen MR) is 88.6 cm³/mol. The van der Waals surface area contributed by atoms with Gasteiger partial charge in [0, 0.05) is 19.6 Å². The molecule has 0 amide bonds. The van der Waals surface area contributed by atoms with Crippen LogP contribution in [-0.4, -0.2) is 65.4 Å². The monoisotopic (exact) mass is 334 g/mol. The van der Waals surface area contributed by atoms with E-state index >= 15 is 0 Å². The lowest BCUT2D eigenvalue weighted by Gasteiger charge is -2.08. The summed E-state index contributed by atoms with van der Waals surface area (Å²) in [4.78, 5) is 11.2. The molecule has 0 radical (unpaired) electrons. The maximum atomic E-state index is 11.2. The molecule has 0 atom stereocenters. The Morgan fingerprint density at radius 1 is 0.783 bits per heavy atom. The Morgan fingerprint density at radius 2 is 1.30 bits per heavy atom. The lowest BCUT2D eigenvalue weighted by Crippen LogP contribution is -2.13. The van der Waals surface area contributed by atoms with Gasteiger partial charge in [0.15, 0.2) is 0 Å². The number of carbonyl (C=O) groups excluding carboxylic acids is 1. The number of carbonyl (C=O) groups is 1. The fraction of sp³-hybridized carbons (Fsp3) is 0.941. The number of ether oxygens (including phenoxy) is 5. The van der Waals surface area contributed by atoms with E-state index in [1.54, 1.807) is 0 Å². The maximum absolute atomic E-state index is 11.2. The molecule has 138 valence electrons. The summed E-state index contributed by atoms with van der Waals surface area (Å²) in [7, 11) is 0. The van der Waals surface area contributed by atoms with Gasteiger partial charge in [0.2, 0.25) is 0 Å². The molecule has 0 saturated carbocycles. The molecule has 0 saturated heterocycles. The Bertz CT molecular complexity index is 257. The van der Waals surface area contributed by atoms with Crippen LogP contribution in [0.1, 0.15) is 40.0 Å². The molecule has 0 unspecified atom stereocenters. The summed E-state index contributed by atoms with van der Waals surface area (Å²) in [5.74, 6) is 0.404. The van der Waals surface area contributed by atoms with Gasteiger partial charge >= 0.3 is 5.97 Å². The fourth-order valence-corrected chi connectivity index (χ4v) is 1.59. The second kappa shape index (κ2) is 17.7. The number of rotatable bonds is 17. The van der Waals surface area contributed by atoms with Crippen molar-refractivity contribution in [2.75, 3.05) is 59.5 Å². The molecule has 0 aliphatic carbocycles. The summed E-state index contributed by atoms with van der Waals surface area (Å²) < 4.78 is 26.5. The molecule has 23 heavy (non-hydrogen) atoms.